The zero-order chi connectivity index (χ0) is 23.8. The van der Waals surface area contributed by atoms with Crippen LogP contribution >= 0.6 is 23.5 Å². The minimum Gasteiger partial charge on any atom is -0.325 e. The van der Waals surface area contributed by atoms with Gasteiger partial charge in [-0.25, -0.2) is 9.37 Å². The Hall–Kier alpha value is -2.58. The molecule has 2 aliphatic rings. The van der Waals surface area contributed by atoms with Crippen LogP contribution in [0.15, 0.2) is 57.4 Å². The lowest BCUT2D eigenvalue weighted by molar-refractivity contribution is -0.113. The van der Waals surface area contributed by atoms with Crippen LogP contribution in [0.2, 0.25) is 0 Å². The van der Waals surface area contributed by atoms with Crippen molar-refractivity contribution in [3.05, 3.63) is 75.3 Å². The molecule has 0 radical (unpaired) electrons. The zero-order valence-electron chi connectivity index (χ0n) is 19.1. The fourth-order valence-electron chi connectivity index (χ4n) is 4.80. The Labute approximate surface area is 206 Å². The molecule has 1 saturated carbocycles. The Kier molecular flexibility index (Phi) is 6.53. The number of rotatable bonds is 5. The maximum absolute atomic E-state index is 13.7. The molecule has 1 aliphatic heterocycles. The minimum absolute atomic E-state index is 0.101. The van der Waals surface area contributed by atoms with E-state index < -0.39 is 0 Å². The number of carbonyl (C=O) groups excluding carboxylic acids is 1. The van der Waals surface area contributed by atoms with Crippen LogP contribution in [0.1, 0.15) is 48.3 Å². The average molecular weight is 496 g/mol. The number of aromatic nitrogens is 2. The predicted molar refractivity (Wildman–Crippen MR) is 136 cm³/mol. The summed E-state index contributed by atoms with van der Waals surface area (Å²) in [6.07, 6.45) is 4.37. The van der Waals surface area contributed by atoms with Crippen molar-refractivity contribution in [2.45, 2.75) is 60.9 Å². The largest absolute Gasteiger partial charge is 0.325 e. The Morgan fingerprint density at radius 1 is 1.18 bits per heavy atom. The van der Waals surface area contributed by atoms with Gasteiger partial charge in [-0.3, -0.25) is 14.2 Å². The number of hydrogen-bond acceptors (Lipinski definition) is 5. The van der Waals surface area contributed by atoms with Gasteiger partial charge in [-0.15, -0.1) is 11.8 Å². The first-order chi connectivity index (χ1) is 16.4. The first-order valence-electron chi connectivity index (χ1n) is 11.5. The SMILES string of the molecule is Cc1ccc(NC(=O)CSc2nc3c(c(=O)n2-c2ccc(F)cc2)[C@@H]2CCCC[C@H]2S3)c(C)c1. The van der Waals surface area contributed by atoms with Gasteiger partial charge in [0.15, 0.2) is 5.16 Å². The Morgan fingerprint density at radius 3 is 2.71 bits per heavy atom. The van der Waals surface area contributed by atoms with E-state index in [-0.39, 0.29) is 29.0 Å². The van der Waals surface area contributed by atoms with E-state index in [1.807, 2.05) is 32.0 Å². The molecule has 1 fully saturated rings. The average Bonchev–Trinajstić information content (AvgIpc) is 3.19. The number of amides is 1. The van der Waals surface area contributed by atoms with Crippen molar-refractivity contribution in [3.63, 3.8) is 0 Å². The molecule has 2 atom stereocenters. The van der Waals surface area contributed by atoms with E-state index in [0.717, 1.165) is 46.7 Å². The summed E-state index contributed by atoms with van der Waals surface area (Å²) in [7, 11) is 0. The third-order valence-electron chi connectivity index (χ3n) is 6.46. The molecule has 0 spiro atoms. The summed E-state index contributed by atoms with van der Waals surface area (Å²) < 4.78 is 15.1. The number of aryl methyl sites for hydroxylation is 2. The molecule has 0 unspecified atom stereocenters. The van der Waals surface area contributed by atoms with Gasteiger partial charge in [0.25, 0.3) is 5.56 Å². The summed E-state index contributed by atoms with van der Waals surface area (Å²) in [6, 6.07) is 11.7. The smallest absolute Gasteiger partial charge is 0.263 e. The molecular weight excluding hydrogens is 469 g/mol. The monoisotopic (exact) mass is 495 g/mol. The van der Waals surface area contributed by atoms with E-state index in [2.05, 4.69) is 5.32 Å². The molecule has 0 saturated heterocycles. The molecule has 2 aromatic carbocycles. The molecule has 34 heavy (non-hydrogen) atoms. The Morgan fingerprint density at radius 2 is 1.94 bits per heavy atom. The van der Waals surface area contributed by atoms with Gasteiger partial charge < -0.3 is 5.32 Å². The second-order valence-corrected chi connectivity index (χ2v) is 11.1. The van der Waals surface area contributed by atoms with Crippen LogP contribution in [-0.4, -0.2) is 26.5 Å². The first kappa shape index (κ1) is 23.2. The van der Waals surface area contributed by atoms with Gasteiger partial charge in [0.2, 0.25) is 5.91 Å². The summed E-state index contributed by atoms with van der Waals surface area (Å²) in [5.74, 6) is -0.209. The maximum atomic E-state index is 13.7. The van der Waals surface area contributed by atoms with Crippen molar-refractivity contribution < 1.29 is 9.18 Å². The molecular formula is C26H26FN3O2S2. The second kappa shape index (κ2) is 9.58. The van der Waals surface area contributed by atoms with Gasteiger partial charge in [-0.1, -0.05) is 42.3 Å². The van der Waals surface area contributed by atoms with E-state index in [1.54, 1.807) is 28.5 Å². The molecule has 1 aliphatic carbocycles. The number of fused-ring (bicyclic) bond motifs is 3. The molecule has 5 rings (SSSR count). The molecule has 2 heterocycles. The summed E-state index contributed by atoms with van der Waals surface area (Å²) >= 11 is 2.93. The summed E-state index contributed by atoms with van der Waals surface area (Å²) in [4.78, 5) is 31.3. The highest BCUT2D eigenvalue weighted by atomic mass is 32.2. The molecule has 1 aromatic heterocycles. The van der Waals surface area contributed by atoms with Crippen molar-refractivity contribution in [3.8, 4) is 5.69 Å². The number of hydrogen-bond donors (Lipinski definition) is 1. The number of thioether (sulfide) groups is 2. The van der Waals surface area contributed by atoms with Crippen LogP contribution in [0.4, 0.5) is 10.1 Å². The number of carbonyl (C=O) groups is 1. The number of benzene rings is 2. The van der Waals surface area contributed by atoms with Gasteiger partial charge in [0.05, 0.1) is 17.0 Å². The molecule has 5 nitrogen and oxygen atoms in total. The van der Waals surface area contributed by atoms with Crippen LogP contribution in [0.5, 0.6) is 0 Å². The fraction of sp³-hybridized carbons (Fsp3) is 0.346. The standard InChI is InChI=1S/C26H26FN3O2S2/c1-15-7-12-20(16(2)13-15)28-22(31)14-33-26-29-24-23(19-5-3-4-6-21(19)34-24)25(32)30(26)18-10-8-17(27)9-11-18/h7-13,19,21H,3-6,14H2,1-2H3,(H,28,31)/t19-,21-/m1/s1. The van der Waals surface area contributed by atoms with Gasteiger partial charge in [0, 0.05) is 16.9 Å². The summed E-state index contributed by atoms with van der Waals surface area (Å²) in [5, 5.41) is 4.59. The minimum atomic E-state index is -0.365. The molecule has 0 bridgehead atoms. The van der Waals surface area contributed by atoms with Gasteiger partial charge in [-0.2, -0.15) is 0 Å². The van der Waals surface area contributed by atoms with Crippen molar-refractivity contribution in [2.75, 3.05) is 11.1 Å². The van der Waals surface area contributed by atoms with Gasteiger partial charge >= 0.3 is 0 Å². The van der Waals surface area contributed by atoms with Crippen molar-refractivity contribution in [1.29, 1.82) is 0 Å². The number of nitrogens with zero attached hydrogens (tertiary/aromatic N) is 2. The highest BCUT2D eigenvalue weighted by Gasteiger charge is 2.39. The third-order valence-corrected chi connectivity index (χ3v) is 8.80. The van der Waals surface area contributed by atoms with Crippen LogP contribution in [0.25, 0.3) is 5.69 Å². The van der Waals surface area contributed by atoms with Crippen LogP contribution in [0, 0.1) is 19.7 Å². The molecule has 1 amide bonds. The Balaban J connectivity index is 1.46. The van der Waals surface area contributed by atoms with E-state index in [4.69, 9.17) is 4.98 Å². The van der Waals surface area contributed by atoms with E-state index in [0.29, 0.717) is 16.1 Å². The van der Waals surface area contributed by atoms with Crippen LogP contribution < -0.4 is 10.9 Å². The zero-order valence-corrected chi connectivity index (χ0v) is 20.8. The highest BCUT2D eigenvalue weighted by molar-refractivity contribution is 8.00. The van der Waals surface area contributed by atoms with E-state index >= 15 is 0 Å². The van der Waals surface area contributed by atoms with Gasteiger partial charge in [-0.05, 0) is 62.6 Å². The molecule has 176 valence electrons. The van der Waals surface area contributed by atoms with E-state index in [1.165, 1.54) is 30.3 Å². The van der Waals surface area contributed by atoms with Crippen molar-refractivity contribution in [1.82, 2.24) is 9.55 Å². The maximum Gasteiger partial charge on any atom is 0.263 e. The van der Waals surface area contributed by atoms with Crippen molar-refractivity contribution in [2.24, 2.45) is 0 Å². The Bertz CT molecular complexity index is 1310. The second-order valence-electron chi connectivity index (χ2n) is 8.93. The molecule has 8 heteroatoms. The number of halogens is 1. The highest BCUT2D eigenvalue weighted by Crippen LogP contribution is 2.50. The van der Waals surface area contributed by atoms with Crippen LogP contribution in [-0.2, 0) is 4.79 Å². The third kappa shape index (κ3) is 4.53. The lowest BCUT2D eigenvalue weighted by atomic mass is 9.85. The molecule has 3 aromatic rings. The fourth-order valence-corrected chi connectivity index (χ4v) is 7.18. The quantitative estimate of drug-likeness (QED) is 0.273. The summed E-state index contributed by atoms with van der Waals surface area (Å²) in [6.45, 7) is 3.97. The number of nitrogens with one attached hydrogen (secondary N) is 1. The lowest BCUT2D eigenvalue weighted by Crippen LogP contribution is -2.29. The van der Waals surface area contributed by atoms with Crippen molar-refractivity contribution >= 4 is 35.1 Å². The van der Waals surface area contributed by atoms with Gasteiger partial charge in [0.1, 0.15) is 10.8 Å². The number of anilines is 1. The topological polar surface area (TPSA) is 64.0 Å². The molecule has 1 N–H and O–H groups in total. The van der Waals surface area contributed by atoms with Crippen LogP contribution in [0.3, 0.4) is 0 Å². The normalized spacial score (nSPS) is 18.9. The predicted octanol–water partition coefficient (Wildman–Crippen LogP) is 5.85. The lowest BCUT2D eigenvalue weighted by Gasteiger charge is -2.24. The summed E-state index contributed by atoms with van der Waals surface area (Å²) in [5.41, 5.74) is 4.14. The van der Waals surface area contributed by atoms with E-state index in [9.17, 15) is 14.0 Å². The first-order valence-corrected chi connectivity index (χ1v) is 13.4.